The van der Waals surface area contributed by atoms with Crippen molar-refractivity contribution in [3.63, 3.8) is 0 Å². The Hall–Kier alpha value is -2.31. The van der Waals surface area contributed by atoms with Gasteiger partial charge in [0.1, 0.15) is 5.82 Å². The summed E-state index contributed by atoms with van der Waals surface area (Å²) >= 11 is 0. The number of aliphatic hydroxyl groups excluding tert-OH is 1. The third-order valence-electron chi connectivity index (χ3n) is 4.27. The number of aromatic nitrogens is 3. The molecule has 3 heterocycles. The summed E-state index contributed by atoms with van der Waals surface area (Å²) in [5, 5.41) is 10.0. The molecule has 1 aliphatic rings. The van der Waals surface area contributed by atoms with E-state index in [0.717, 1.165) is 11.3 Å². The number of fused-ring (bicyclic) bond motifs is 1. The summed E-state index contributed by atoms with van der Waals surface area (Å²) in [6.07, 6.45) is 5.76. The van der Waals surface area contributed by atoms with Crippen molar-refractivity contribution in [1.29, 1.82) is 0 Å². The fourth-order valence-corrected chi connectivity index (χ4v) is 3.28. The zero-order chi connectivity index (χ0) is 15.8. The third-order valence-corrected chi connectivity index (χ3v) is 4.27. The smallest absolute Gasteiger partial charge is 0.233 e. The highest BCUT2D eigenvalue weighted by atomic mass is 19.1. The van der Waals surface area contributed by atoms with Crippen molar-refractivity contribution >= 4 is 5.78 Å². The molecule has 0 spiro atoms. The van der Waals surface area contributed by atoms with Gasteiger partial charge in [-0.15, -0.1) is 0 Å². The maximum atomic E-state index is 13.5. The van der Waals surface area contributed by atoms with E-state index in [-0.39, 0.29) is 11.9 Å². The lowest BCUT2D eigenvalue weighted by Crippen LogP contribution is -2.24. The molecule has 1 N–H and O–H groups in total. The molecule has 5 nitrogen and oxygen atoms in total. The van der Waals surface area contributed by atoms with Gasteiger partial charge in [-0.1, -0.05) is 12.1 Å². The van der Waals surface area contributed by atoms with E-state index in [1.54, 1.807) is 18.3 Å². The molecule has 1 fully saturated rings. The van der Waals surface area contributed by atoms with Crippen molar-refractivity contribution in [3.8, 4) is 0 Å². The number of benzene rings is 1. The predicted molar refractivity (Wildman–Crippen MR) is 83.2 cm³/mol. The second kappa shape index (κ2) is 5.72. The molecule has 0 aliphatic carbocycles. The molecule has 0 saturated carbocycles. The molecule has 3 aromatic rings. The van der Waals surface area contributed by atoms with Crippen molar-refractivity contribution in [2.45, 2.75) is 25.1 Å². The van der Waals surface area contributed by atoms with Crippen LogP contribution in [0.1, 0.15) is 23.7 Å². The summed E-state index contributed by atoms with van der Waals surface area (Å²) in [6, 6.07) is 8.45. The van der Waals surface area contributed by atoms with Gasteiger partial charge >= 0.3 is 0 Å². The van der Waals surface area contributed by atoms with Gasteiger partial charge in [-0.2, -0.15) is 0 Å². The number of rotatable bonds is 3. The van der Waals surface area contributed by atoms with E-state index < -0.39 is 6.10 Å². The van der Waals surface area contributed by atoms with Crippen LogP contribution in [0.5, 0.6) is 0 Å². The second-order valence-electron chi connectivity index (χ2n) is 5.95. The molecule has 1 aromatic carbocycles. The van der Waals surface area contributed by atoms with E-state index in [1.807, 2.05) is 28.9 Å². The lowest BCUT2D eigenvalue weighted by Gasteiger charge is -2.23. The van der Waals surface area contributed by atoms with Gasteiger partial charge in [-0.25, -0.2) is 14.4 Å². The van der Waals surface area contributed by atoms with Crippen LogP contribution < -0.4 is 0 Å². The largest absolute Gasteiger partial charge is 0.392 e. The molecular formula is C17H17FN4O. The van der Waals surface area contributed by atoms with Crippen molar-refractivity contribution in [1.82, 2.24) is 19.3 Å². The first-order valence-electron chi connectivity index (χ1n) is 7.65. The molecule has 118 valence electrons. The third kappa shape index (κ3) is 2.83. The van der Waals surface area contributed by atoms with Crippen LogP contribution in [0.25, 0.3) is 5.78 Å². The molecule has 2 aromatic heterocycles. The minimum atomic E-state index is -0.404. The van der Waals surface area contributed by atoms with E-state index in [0.29, 0.717) is 25.3 Å². The second-order valence-corrected chi connectivity index (χ2v) is 5.95. The molecule has 2 unspecified atom stereocenters. The van der Waals surface area contributed by atoms with Gasteiger partial charge in [0.25, 0.3) is 0 Å². The maximum absolute atomic E-state index is 13.5. The van der Waals surface area contributed by atoms with E-state index in [1.165, 1.54) is 6.07 Å². The predicted octanol–water partition coefficient (Wildman–Crippen LogP) is 2.18. The van der Waals surface area contributed by atoms with Crippen LogP contribution in [-0.2, 0) is 6.54 Å². The first-order valence-corrected chi connectivity index (χ1v) is 7.65. The first kappa shape index (κ1) is 14.3. The summed E-state index contributed by atoms with van der Waals surface area (Å²) in [4.78, 5) is 10.9. The van der Waals surface area contributed by atoms with Crippen LogP contribution in [0.4, 0.5) is 4.39 Å². The fraction of sp³-hybridized carbons (Fsp3) is 0.294. The number of imidazole rings is 1. The molecule has 4 rings (SSSR count). The normalized spacial score (nSPS) is 22.0. The lowest BCUT2D eigenvalue weighted by molar-refractivity contribution is 0.172. The Morgan fingerprint density at radius 3 is 3.04 bits per heavy atom. The van der Waals surface area contributed by atoms with Crippen LogP contribution in [0.3, 0.4) is 0 Å². The first-order chi connectivity index (χ1) is 11.2. The van der Waals surface area contributed by atoms with Crippen LogP contribution in [-0.4, -0.2) is 37.0 Å². The molecule has 23 heavy (non-hydrogen) atoms. The average Bonchev–Trinajstić information content (AvgIpc) is 3.10. The van der Waals surface area contributed by atoms with Crippen LogP contribution in [0.2, 0.25) is 0 Å². The van der Waals surface area contributed by atoms with Crippen molar-refractivity contribution < 1.29 is 9.50 Å². The molecule has 6 heteroatoms. The highest BCUT2D eigenvalue weighted by Crippen LogP contribution is 2.33. The molecule has 1 saturated heterocycles. The summed E-state index contributed by atoms with van der Waals surface area (Å²) in [7, 11) is 0. The Bertz CT molecular complexity index is 801. The maximum Gasteiger partial charge on any atom is 0.233 e. The van der Waals surface area contributed by atoms with Gasteiger partial charge in [0.2, 0.25) is 5.78 Å². The van der Waals surface area contributed by atoms with E-state index in [2.05, 4.69) is 14.9 Å². The monoisotopic (exact) mass is 312 g/mol. The molecule has 0 bridgehead atoms. The zero-order valence-electron chi connectivity index (χ0n) is 12.5. The Labute approximate surface area is 133 Å². The van der Waals surface area contributed by atoms with Gasteiger partial charge in [-0.05, 0) is 30.2 Å². The van der Waals surface area contributed by atoms with Crippen LogP contribution in [0, 0.1) is 5.82 Å². The van der Waals surface area contributed by atoms with E-state index in [9.17, 15) is 9.50 Å². The Morgan fingerprint density at radius 2 is 2.22 bits per heavy atom. The van der Waals surface area contributed by atoms with Gasteiger partial charge in [0.15, 0.2) is 0 Å². The van der Waals surface area contributed by atoms with Crippen molar-refractivity contribution in [2.24, 2.45) is 0 Å². The van der Waals surface area contributed by atoms with Gasteiger partial charge in [0, 0.05) is 37.7 Å². The van der Waals surface area contributed by atoms with E-state index >= 15 is 0 Å². The number of halogens is 1. The fourth-order valence-electron chi connectivity index (χ4n) is 3.28. The topological polar surface area (TPSA) is 53.7 Å². The Balaban J connectivity index is 1.61. The standard InChI is InChI=1S/C17H17FN4O/c18-13-4-1-3-12(7-13)16-8-15(23)11-22(16)10-14-9-21-6-2-5-19-17(21)20-14/h1-7,9,15-16,23H,8,10-11H2. The van der Waals surface area contributed by atoms with Crippen molar-refractivity contribution in [2.75, 3.05) is 6.54 Å². The van der Waals surface area contributed by atoms with E-state index in [4.69, 9.17) is 0 Å². The lowest BCUT2D eigenvalue weighted by atomic mass is 10.0. The minimum absolute atomic E-state index is 0.00142. The molecule has 0 radical (unpaired) electrons. The number of hydrogen-bond donors (Lipinski definition) is 1. The molecule has 2 atom stereocenters. The number of aliphatic hydroxyl groups is 1. The number of likely N-dealkylation sites (tertiary alicyclic amines) is 1. The highest BCUT2D eigenvalue weighted by Gasteiger charge is 2.32. The summed E-state index contributed by atoms with van der Waals surface area (Å²) in [5.41, 5.74) is 1.78. The summed E-state index contributed by atoms with van der Waals surface area (Å²) in [6.45, 7) is 1.16. The molecular weight excluding hydrogens is 295 g/mol. The van der Waals surface area contributed by atoms with Gasteiger partial charge in [-0.3, -0.25) is 9.30 Å². The highest BCUT2D eigenvalue weighted by molar-refractivity contribution is 5.30. The molecule has 0 amide bonds. The van der Waals surface area contributed by atoms with Crippen LogP contribution >= 0.6 is 0 Å². The number of β-amino-alcohol motifs (C(OH)–C–C–N with tert-alkyl or cyclic N) is 1. The quantitative estimate of drug-likeness (QED) is 0.805. The Kier molecular flexibility index (Phi) is 3.55. The van der Waals surface area contributed by atoms with Crippen LogP contribution in [0.15, 0.2) is 48.9 Å². The van der Waals surface area contributed by atoms with Crippen molar-refractivity contribution in [3.05, 3.63) is 66.0 Å². The Morgan fingerprint density at radius 1 is 1.30 bits per heavy atom. The average molecular weight is 312 g/mol. The SMILES string of the molecule is OC1CC(c2cccc(F)c2)N(Cc2cn3cccnc3n2)C1. The molecule has 1 aliphatic heterocycles. The number of nitrogens with zero attached hydrogens (tertiary/aromatic N) is 4. The summed E-state index contributed by atoms with van der Waals surface area (Å²) in [5.74, 6) is 0.408. The zero-order valence-corrected chi connectivity index (χ0v) is 12.5. The van der Waals surface area contributed by atoms with Gasteiger partial charge in [0.05, 0.1) is 11.8 Å². The minimum Gasteiger partial charge on any atom is -0.392 e. The number of hydrogen-bond acceptors (Lipinski definition) is 4. The van der Waals surface area contributed by atoms with Gasteiger partial charge < -0.3 is 5.11 Å². The summed E-state index contributed by atoms with van der Waals surface area (Å²) < 4.78 is 15.4.